The van der Waals surface area contributed by atoms with Gasteiger partial charge in [-0.1, -0.05) is 85.9 Å². The molecule has 1 amide bonds. The van der Waals surface area contributed by atoms with E-state index in [1.807, 2.05) is 54.6 Å². The number of hydrogen-bond donors (Lipinski definition) is 0. The fraction of sp³-hybridized carbons (Fsp3) is 0.241. The number of esters is 1. The number of nitrogens with zero attached hydrogens (tertiary/aromatic N) is 3. The van der Waals surface area contributed by atoms with Gasteiger partial charge in [-0.15, -0.1) is 0 Å². The van der Waals surface area contributed by atoms with E-state index in [-0.39, 0.29) is 18.1 Å². The summed E-state index contributed by atoms with van der Waals surface area (Å²) in [6.45, 7) is 8.06. The van der Waals surface area contributed by atoms with Crippen molar-refractivity contribution in [2.24, 2.45) is 4.99 Å². The third-order valence-electron chi connectivity index (χ3n) is 6.55. The summed E-state index contributed by atoms with van der Waals surface area (Å²) < 4.78 is 7.22. The zero-order valence-corrected chi connectivity index (χ0v) is 21.6. The average molecular weight is 514 g/mol. The van der Waals surface area contributed by atoms with Crippen molar-refractivity contribution in [1.82, 2.24) is 4.57 Å². The molecule has 1 atom stereocenters. The van der Waals surface area contributed by atoms with Gasteiger partial charge in [0.05, 0.1) is 28.6 Å². The zero-order valence-electron chi connectivity index (χ0n) is 20.8. The number of thiazole rings is 1. The van der Waals surface area contributed by atoms with Gasteiger partial charge in [0.25, 0.3) is 11.5 Å². The molecule has 37 heavy (non-hydrogen) atoms. The minimum absolute atomic E-state index is 0.0462. The summed E-state index contributed by atoms with van der Waals surface area (Å²) in [7, 11) is 0. The van der Waals surface area contributed by atoms with E-state index in [9.17, 15) is 14.4 Å². The molecule has 0 fully saturated rings. The minimum Gasteiger partial charge on any atom is -0.458 e. The van der Waals surface area contributed by atoms with E-state index in [1.54, 1.807) is 11.8 Å². The van der Waals surface area contributed by atoms with Crippen LogP contribution in [-0.2, 0) is 14.3 Å². The highest BCUT2D eigenvalue weighted by Crippen LogP contribution is 2.35. The lowest BCUT2D eigenvalue weighted by atomic mass is 9.96. The number of hydrogen-bond acceptors (Lipinski definition) is 6. The predicted octanol–water partition coefficient (Wildman–Crippen LogP) is 3.48. The Hall–Kier alpha value is -4.04. The highest BCUT2D eigenvalue weighted by Gasteiger charge is 2.37. The van der Waals surface area contributed by atoms with Crippen LogP contribution in [0.1, 0.15) is 43.9 Å². The molecule has 0 radical (unpaired) electrons. The molecule has 2 aromatic carbocycles. The molecule has 0 saturated heterocycles. The molecule has 3 aromatic rings. The lowest BCUT2D eigenvalue weighted by molar-refractivity contribution is -0.138. The van der Waals surface area contributed by atoms with Crippen molar-refractivity contribution in [3.63, 3.8) is 0 Å². The Morgan fingerprint density at radius 1 is 1.14 bits per heavy atom. The molecule has 0 aliphatic carbocycles. The van der Waals surface area contributed by atoms with Crippen LogP contribution < -0.4 is 19.8 Å². The van der Waals surface area contributed by atoms with Gasteiger partial charge in [0, 0.05) is 12.1 Å². The first-order chi connectivity index (χ1) is 18.0. The van der Waals surface area contributed by atoms with E-state index in [2.05, 4.69) is 18.5 Å². The Morgan fingerprint density at radius 3 is 2.59 bits per heavy atom. The molecule has 0 N–H and O–H groups in total. The SMILES string of the molecule is C=CCOC(=O)C1=C(C)N=c2s/c(=C3/C(=O)N(CCCC)c4ccccc43)c(=O)n2[C@@H]1c1ccccc1. The van der Waals surface area contributed by atoms with E-state index in [0.29, 0.717) is 32.7 Å². The largest absolute Gasteiger partial charge is 0.458 e. The van der Waals surface area contributed by atoms with Crippen LogP contribution in [0.3, 0.4) is 0 Å². The van der Waals surface area contributed by atoms with E-state index in [4.69, 9.17) is 4.74 Å². The van der Waals surface area contributed by atoms with Crippen LogP contribution >= 0.6 is 11.3 Å². The van der Waals surface area contributed by atoms with Crippen LogP contribution in [0.4, 0.5) is 5.69 Å². The normalized spacial score (nSPS) is 17.8. The first-order valence-electron chi connectivity index (χ1n) is 12.3. The first kappa shape index (κ1) is 24.6. The van der Waals surface area contributed by atoms with Crippen LogP contribution in [0.2, 0.25) is 0 Å². The Kier molecular flexibility index (Phi) is 6.76. The topological polar surface area (TPSA) is 81.0 Å². The molecule has 0 unspecified atom stereocenters. The molecule has 3 heterocycles. The van der Waals surface area contributed by atoms with E-state index in [0.717, 1.165) is 29.7 Å². The summed E-state index contributed by atoms with van der Waals surface area (Å²) in [6.07, 6.45) is 3.30. The van der Waals surface area contributed by atoms with Gasteiger partial charge < -0.3 is 9.64 Å². The first-order valence-corrected chi connectivity index (χ1v) is 13.1. The molecule has 7 nitrogen and oxygen atoms in total. The minimum atomic E-state index is -0.730. The fourth-order valence-corrected chi connectivity index (χ4v) is 5.97. The van der Waals surface area contributed by atoms with Crippen LogP contribution in [0.5, 0.6) is 0 Å². The summed E-state index contributed by atoms with van der Waals surface area (Å²) >= 11 is 1.18. The second kappa shape index (κ2) is 10.1. The van der Waals surface area contributed by atoms with Crippen LogP contribution in [-0.4, -0.2) is 29.6 Å². The summed E-state index contributed by atoms with van der Waals surface area (Å²) in [6, 6.07) is 16.2. The maximum Gasteiger partial charge on any atom is 0.338 e. The molecule has 5 rings (SSSR count). The van der Waals surface area contributed by atoms with Crippen molar-refractivity contribution in [2.75, 3.05) is 18.1 Å². The molecule has 1 aromatic heterocycles. The number of unbranched alkanes of at least 4 members (excludes halogenated alkanes) is 1. The van der Waals surface area contributed by atoms with Gasteiger partial charge in [0.2, 0.25) is 0 Å². The smallest absolute Gasteiger partial charge is 0.338 e. The van der Waals surface area contributed by atoms with Gasteiger partial charge in [-0.25, -0.2) is 9.79 Å². The summed E-state index contributed by atoms with van der Waals surface area (Å²) in [5.41, 5.74) is 3.11. The molecule has 188 valence electrons. The average Bonchev–Trinajstić information content (AvgIpc) is 3.37. The zero-order chi connectivity index (χ0) is 26.1. The number of amides is 1. The summed E-state index contributed by atoms with van der Waals surface area (Å²) in [4.78, 5) is 47.7. The highest BCUT2D eigenvalue weighted by atomic mass is 32.1. The second-order valence-electron chi connectivity index (χ2n) is 8.90. The van der Waals surface area contributed by atoms with E-state index < -0.39 is 12.0 Å². The Balaban J connectivity index is 1.76. The van der Waals surface area contributed by atoms with Crippen LogP contribution in [0.25, 0.3) is 5.57 Å². The van der Waals surface area contributed by atoms with Gasteiger partial charge in [-0.05, 0) is 25.0 Å². The van der Waals surface area contributed by atoms with Crippen molar-refractivity contribution in [2.45, 2.75) is 32.7 Å². The van der Waals surface area contributed by atoms with Crippen molar-refractivity contribution < 1.29 is 14.3 Å². The number of benzene rings is 2. The van der Waals surface area contributed by atoms with Crippen LogP contribution in [0, 0.1) is 0 Å². The molecular weight excluding hydrogens is 486 g/mol. The molecule has 2 aliphatic rings. The Labute approximate surface area is 218 Å². The third kappa shape index (κ3) is 4.17. The summed E-state index contributed by atoms with van der Waals surface area (Å²) in [5.74, 6) is -0.738. The lowest BCUT2D eigenvalue weighted by Gasteiger charge is -2.24. The number of aromatic nitrogens is 1. The molecule has 0 bridgehead atoms. The third-order valence-corrected chi connectivity index (χ3v) is 7.60. The standard InChI is InChI=1S/C29H27N3O4S/c1-4-6-16-31-21-15-11-10-14-20(21)23(26(31)33)25-27(34)32-24(19-12-8-7-9-13-19)22(28(35)36-17-5-2)18(3)30-29(32)37-25/h5,7-15,24H,2,4,6,16-17H2,1,3H3/b25-23+/t24-/m1/s1. The molecule has 0 spiro atoms. The maximum atomic E-state index is 14.1. The molecule has 0 saturated carbocycles. The van der Waals surface area contributed by atoms with Gasteiger partial charge in [0.15, 0.2) is 4.80 Å². The van der Waals surface area contributed by atoms with Crippen molar-refractivity contribution in [3.8, 4) is 0 Å². The van der Waals surface area contributed by atoms with Gasteiger partial charge in [-0.2, -0.15) is 0 Å². The number of carbonyl (C=O) groups excluding carboxylic acids is 2. The second-order valence-corrected chi connectivity index (χ2v) is 9.88. The number of para-hydroxylation sites is 1. The number of ether oxygens (including phenoxy) is 1. The van der Waals surface area contributed by atoms with Crippen molar-refractivity contribution >= 4 is 34.5 Å². The molecular formula is C29H27N3O4S. The maximum absolute atomic E-state index is 14.1. The Morgan fingerprint density at radius 2 is 1.86 bits per heavy atom. The molecule has 8 heteroatoms. The number of anilines is 1. The van der Waals surface area contributed by atoms with Gasteiger partial charge >= 0.3 is 5.97 Å². The Bertz CT molecular complexity index is 1610. The van der Waals surface area contributed by atoms with E-state index in [1.165, 1.54) is 22.0 Å². The molecule has 2 aliphatic heterocycles. The number of carbonyl (C=O) groups is 2. The van der Waals surface area contributed by atoms with Crippen molar-refractivity contribution in [1.29, 1.82) is 0 Å². The number of allylic oxidation sites excluding steroid dienone is 1. The lowest BCUT2D eigenvalue weighted by Crippen LogP contribution is -2.41. The fourth-order valence-electron chi connectivity index (χ4n) is 4.83. The number of fused-ring (bicyclic) bond motifs is 2. The number of rotatable bonds is 7. The predicted molar refractivity (Wildman–Crippen MR) is 144 cm³/mol. The van der Waals surface area contributed by atoms with Crippen LogP contribution in [0.15, 0.2) is 88.3 Å². The quantitative estimate of drug-likeness (QED) is 0.358. The monoisotopic (exact) mass is 513 g/mol. The van der Waals surface area contributed by atoms with E-state index >= 15 is 0 Å². The van der Waals surface area contributed by atoms with Gasteiger partial charge in [-0.3, -0.25) is 14.2 Å². The van der Waals surface area contributed by atoms with Crippen molar-refractivity contribution in [3.05, 3.63) is 109 Å². The van der Waals surface area contributed by atoms with Gasteiger partial charge in [0.1, 0.15) is 11.1 Å². The highest BCUT2D eigenvalue weighted by molar-refractivity contribution is 7.07. The summed E-state index contributed by atoms with van der Waals surface area (Å²) in [5, 5.41) is 0.